The molecule has 0 atom stereocenters. The van der Waals surface area contributed by atoms with Crippen molar-refractivity contribution in [1.29, 1.82) is 0 Å². The maximum absolute atomic E-state index is 12.3. The van der Waals surface area contributed by atoms with E-state index in [1.54, 1.807) is 4.57 Å². The Hall–Kier alpha value is -1.67. The van der Waals surface area contributed by atoms with Gasteiger partial charge in [-0.1, -0.05) is 11.3 Å². The maximum atomic E-state index is 12.3. The minimum absolute atomic E-state index is 0.0120. The van der Waals surface area contributed by atoms with Crippen molar-refractivity contribution in [3.63, 3.8) is 0 Å². The fourth-order valence-corrected chi connectivity index (χ4v) is 3.41. The minimum Gasteiger partial charge on any atom is -0.355 e. The lowest BCUT2D eigenvalue weighted by molar-refractivity contribution is -0.133. The molecule has 0 unspecified atom stereocenters. The average Bonchev–Trinajstić information content (AvgIpc) is 2.84. The molecule has 7 nitrogen and oxygen atoms in total. The van der Waals surface area contributed by atoms with E-state index in [1.165, 1.54) is 11.3 Å². The molecule has 0 spiro atoms. The Labute approximate surface area is 139 Å². The van der Waals surface area contributed by atoms with E-state index in [0.29, 0.717) is 52.2 Å². The van der Waals surface area contributed by atoms with Crippen molar-refractivity contribution in [2.24, 2.45) is 0 Å². The summed E-state index contributed by atoms with van der Waals surface area (Å²) in [4.78, 5) is 39.3. The molecular formula is C15H24N4O3S. The summed E-state index contributed by atoms with van der Waals surface area (Å²) in [5, 5.41) is 4.59. The summed E-state index contributed by atoms with van der Waals surface area (Å²) in [6.45, 7) is 7.92. The average molecular weight is 340 g/mol. The van der Waals surface area contributed by atoms with E-state index in [4.69, 9.17) is 0 Å². The van der Waals surface area contributed by atoms with Crippen LogP contribution in [-0.2, 0) is 16.1 Å². The van der Waals surface area contributed by atoms with Gasteiger partial charge >= 0.3 is 4.87 Å². The second-order valence-corrected chi connectivity index (χ2v) is 6.48. The van der Waals surface area contributed by atoms with Gasteiger partial charge in [-0.15, -0.1) is 0 Å². The topological polar surface area (TPSA) is 74.7 Å². The summed E-state index contributed by atoms with van der Waals surface area (Å²) in [6.07, 6.45) is 0.341. The van der Waals surface area contributed by atoms with E-state index in [-0.39, 0.29) is 16.7 Å². The Morgan fingerprint density at radius 3 is 2.52 bits per heavy atom. The number of carbonyl (C=O) groups excluding carboxylic acids is 2. The Morgan fingerprint density at radius 1 is 1.26 bits per heavy atom. The number of aromatic nitrogens is 1. The molecule has 1 aromatic heterocycles. The van der Waals surface area contributed by atoms with Gasteiger partial charge in [0.2, 0.25) is 11.8 Å². The molecule has 2 amide bonds. The molecule has 0 aromatic carbocycles. The fraction of sp³-hybridized carbons (Fsp3) is 0.667. The lowest BCUT2D eigenvalue weighted by atomic mass is 10.2. The number of piperazine rings is 1. The standard InChI is InChI=1S/C15H24N4O3S/c1-3-16-13(20)10-17-6-8-18(9-7-17)14(21)4-5-19-12(2)11-23-15(19)22/h11H,3-10H2,1-2H3,(H,16,20). The molecule has 1 saturated heterocycles. The fourth-order valence-electron chi connectivity index (χ4n) is 2.65. The Kier molecular flexibility index (Phi) is 6.35. The summed E-state index contributed by atoms with van der Waals surface area (Å²) in [5.74, 6) is 0.0970. The molecule has 1 aliphatic heterocycles. The Morgan fingerprint density at radius 2 is 1.96 bits per heavy atom. The second-order valence-electron chi connectivity index (χ2n) is 5.66. The molecule has 1 fully saturated rings. The Bertz CT molecular complexity index is 602. The molecule has 0 aliphatic carbocycles. The molecule has 1 aromatic rings. The molecule has 0 saturated carbocycles. The van der Waals surface area contributed by atoms with Crippen LogP contribution < -0.4 is 10.2 Å². The monoisotopic (exact) mass is 340 g/mol. The van der Waals surface area contributed by atoms with Crippen LogP contribution in [0.3, 0.4) is 0 Å². The number of nitrogens with one attached hydrogen (secondary N) is 1. The van der Waals surface area contributed by atoms with Gasteiger partial charge in [0.1, 0.15) is 0 Å². The predicted molar refractivity (Wildman–Crippen MR) is 89.6 cm³/mol. The Balaban J connectivity index is 1.75. The van der Waals surface area contributed by atoms with Crippen LogP contribution in [-0.4, -0.2) is 65.4 Å². The van der Waals surface area contributed by atoms with Crippen molar-refractivity contribution in [2.75, 3.05) is 39.3 Å². The molecule has 0 radical (unpaired) electrons. The van der Waals surface area contributed by atoms with E-state index in [9.17, 15) is 14.4 Å². The van der Waals surface area contributed by atoms with Gasteiger partial charge < -0.3 is 14.8 Å². The molecule has 1 aliphatic rings. The minimum atomic E-state index is -0.0120. The zero-order chi connectivity index (χ0) is 16.8. The highest BCUT2D eigenvalue weighted by molar-refractivity contribution is 7.07. The number of carbonyl (C=O) groups is 2. The van der Waals surface area contributed by atoms with Gasteiger partial charge in [0, 0.05) is 56.8 Å². The summed E-state index contributed by atoms with van der Waals surface area (Å²) >= 11 is 1.17. The van der Waals surface area contributed by atoms with Gasteiger partial charge in [-0.25, -0.2) is 0 Å². The van der Waals surface area contributed by atoms with Gasteiger partial charge in [-0.05, 0) is 13.8 Å². The van der Waals surface area contributed by atoms with Crippen LogP contribution in [0.1, 0.15) is 19.0 Å². The normalized spacial score (nSPS) is 15.7. The highest BCUT2D eigenvalue weighted by Gasteiger charge is 2.22. The molecule has 1 N–H and O–H groups in total. The van der Waals surface area contributed by atoms with E-state index in [0.717, 1.165) is 5.69 Å². The number of thiazole rings is 1. The van der Waals surface area contributed by atoms with Crippen molar-refractivity contribution in [2.45, 2.75) is 26.8 Å². The predicted octanol–water partition coefficient (Wildman–Crippen LogP) is -0.111. The highest BCUT2D eigenvalue weighted by atomic mass is 32.1. The maximum Gasteiger partial charge on any atom is 0.307 e. The zero-order valence-corrected chi connectivity index (χ0v) is 14.5. The van der Waals surface area contributed by atoms with E-state index in [2.05, 4.69) is 10.2 Å². The molecule has 2 rings (SSSR count). The second kappa shape index (κ2) is 8.26. The number of hydrogen-bond donors (Lipinski definition) is 1. The first-order chi connectivity index (χ1) is 11.0. The van der Waals surface area contributed by atoms with Crippen LogP contribution in [0.2, 0.25) is 0 Å². The molecule has 23 heavy (non-hydrogen) atoms. The van der Waals surface area contributed by atoms with Crippen molar-refractivity contribution < 1.29 is 9.59 Å². The summed E-state index contributed by atoms with van der Waals surface area (Å²) in [5.41, 5.74) is 0.902. The third-order valence-electron chi connectivity index (χ3n) is 3.99. The van der Waals surface area contributed by atoms with Gasteiger partial charge in [-0.3, -0.25) is 19.3 Å². The largest absolute Gasteiger partial charge is 0.355 e. The van der Waals surface area contributed by atoms with Crippen LogP contribution in [0.5, 0.6) is 0 Å². The summed E-state index contributed by atoms with van der Waals surface area (Å²) in [6, 6.07) is 0. The molecule has 128 valence electrons. The number of rotatable bonds is 6. The lowest BCUT2D eigenvalue weighted by Crippen LogP contribution is -2.51. The van der Waals surface area contributed by atoms with Crippen LogP contribution >= 0.6 is 11.3 Å². The van der Waals surface area contributed by atoms with Crippen LogP contribution in [0.15, 0.2) is 10.2 Å². The molecule has 8 heteroatoms. The van der Waals surface area contributed by atoms with Gasteiger partial charge in [0.05, 0.1) is 6.54 Å². The van der Waals surface area contributed by atoms with Crippen molar-refractivity contribution in [3.8, 4) is 0 Å². The van der Waals surface area contributed by atoms with Crippen LogP contribution in [0.25, 0.3) is 0 Å². The van der Waals surface area contributed by atoms with E-state index in [1.807, 2.05) is 24.1 Å². The van der Waals surface area contributed by atoms with Gasteiger partial charge in [0.15, 0.2) is 0 Å². The van der Waals surface area contributed by atoms with Gasteiger partial charge in [0.25, 0.3) is 0 Å². The van der Waals surface area contributed by atoms with Crippen molar-refractivity contribution in [3.05, 3.63) is 20.7 Å². The lowest BCUT2D eigenvalue weighted by Gasteiger charge is -2.34. The van der Waals surface area contributed by atoms with Crippen LogP contribution in [0.4, 0.5) is 0 Å². The van der Waals surface area contributed by atoms with Crippen molar-refractivity contribution >= 4 is 23.2 Å². The van der Waals surface area contributed by atoms with Crippen molar-refractivity contribution in [1.82, 2.24) is 19.7 Å². The first-order valence-electron chi connectivity index (χ1n) is 7.93. The summed E-state index contributed by atoms with van der Waals surface area (Å²) in [7, 11) is 0. The van der Waals surface area contributed by atoms with E-state index < -0.39 is 0 Å². The third kappa shape index (κ3) is 4.90. The number of aryl methyl sites for hydroxylation is 1. The number of likely N-dealkylation sites (N-methyl/N-ethyl adjacent to an activating group) is 1. The number of amides is 2. The number of nitrogens with zero attached hydrogens (tertiary/aromatic N) is 3. The number of hydrogen-bond acceptors (Lipinski definition) is 5. The third-order valence-corrected chi connectivity index (χ3v) is 4.87. The quantitative estimate of drug-likeness (QED) is 0.784. The SMILES string of the molecule is CCNC(=O)CN1CCN(C(=O)CCn2c(C)csc2=O)CC1. The molecule has 0 bridgehead atoms. The molecular weight excluding hydrogens is 316 g/mol. The summed E-state index contributed by atoms with van der Waals surface area (Å²) < 4.78 is 1.65. The van der Waals surface area contributed by atoms with Gasteiger partial charge in [-0.2, -0.15) is 0 Å². The highest BCUT2D eigenvalue weighted by Crippen LogP contribution is 2.06. The van der Waals surface area contributed by atoms with Crippen LogP contribution in [0, 0.1) is 6.92 Å². The smallest absolute Gasteiger partial charge is 0.307 e. The first kappa shape index (κ1) is 17.7. The van der Waals surface area contributed by atoms with E-state index >= 15 is 0 Å². The first-order valence-corrected chi connectivity index (χ1v) is 8.81. The molecule has 2 heterocycles. The zero-order valence-electron chi connectivity index (χ0n) is 13.7.